The number of amides is 1. The monoisotopic (exact) mass is 402 g/mol. The highest BCUT2D eigenvalue weighted by molar-refractivity contribution is 5.94. The van der Waals surface area contributed by atoms with Crippen molar-refractivity contribution in [2.45, 2.75) is 31.7 Å². The Labute approximate surface area is 172 Å². The molecular weight excluding hydrogens is 376 g/mol. The Morgan fingerprint density at radius 2 is 1.86 bits per heavy atom. The number of Topliss-reactive ketones (excluding diaryl/α,β-unsaturated/α-hetero) is 1. The molecule has 5 nitrogen and oxygen atoms in total. The Bertz CT molecular complexity index is 797. The zero-order chi connectivity index (χ0) is 19.2. The molecule has 1 saturated heterocycles. The van der Waals surface area contributed by atoms with Gasteiger partial charge in [0, 0.05) is 37.0 Å². The van der Waals surface area contributed by atoms with Gasteiger partial charge in [-0.05, 0) is 31.0 Å². The summed E-state index contributed by atoms with van der Waals surface area (Å²) < 4.78 is 5.67. The summed E-state index contributed by atoms with van der Waals surface area (Å²) in [6.07, 6.45) is 1.06. The molecule has 150 valence electrons. The second-order valence-electron chi connectivity index (χ2n) is 7.02. The van der Waals surface area contributed by atoms with E-state index < -0.39 is 0 Å². The number of ketones is 1. The molecule has 2 aromatic rings. The fourth-order valence-electron chi connectivity index (χ4n) is 3.46. The van der Waals surface area contributed by atoms with Crippen LogP contribution in [0.4, 0.5) is 0 Å². The molecule has 0 aromatic heterocycles. The maximum atomic E-state index is 12.5. The van der Waals surface area contributed by atoms with E-state index in [0.29, 0.717) is 43.9 Å². The second kappa shape index (κ2) is 10.2. The fraction of sp³-hybridized carbons (Fsp3) is 0.364. The van der Waals surface area contributed by atoms with Gasteiger partial charge in [-0.2, -0.15) is 0 Å². The minimum Gasteiger partial charge on any atom is -0.494 e. The van der Waals surface area contributed by atoms with Crippen LogP contribution in [0.1, 0.15) is 41.6 Å². The van der Waals surface area contributed by atoms with E-state index in [-0.39, 0.29) is 36.1 Å². The van der Waals surface area contributed by atoms with Crippen molar-refractivity contribution in [3.05, 3.63) is 65.7 Å². The van der Waals surface area contributed by atoms with Gasteiger partial charge in [-0.1, -0.05) is 42.5 Å². The lowest BCUT2D eigenvalue weighted by Gasteiger charge is -2.16. The van der Waals surface area contributed by atoms with Gasteiger partial charge in [0.2, 0.25) is 5.91 Å². The molecule has 1 amide bonds. The first-order chi connectivity index (χ1) is 13.0. The van der Waals surface area contributed by atoms with E-state index in [4.69, 9.17) is 10.5 Å². The number of hydrogen-bond donors (Lipinski definition) is 1. The molecule has 2 N–H and O–H groups in total. The van der Waals surface area contributed by atoms with Crippen molar-refractivity contribution in [2.24, 2.45) is 5.73 Å². The summed E-state index contributed by atoms with van der Waals surface area (Å²) in [5, 5.41) is 0. The van der Waals surface area contributed by atoms with E-state index in [1.165, 1.54) is 12.5 Å². The number of benzene rings is 2. The van der Waals surface area contributed by atoms with E-state index in [9.17, 15) is 9.59 Å². The number of ether oxygens (including phenoxy) is 1. The smallest absolute Gasteiger partial charge is 0.222 e. The molecule has 1 heterocycles. The van der Waals surface area contributed by atoms with Gasteiger partial charge in [-0.15, -0.1) is 12.4 Å². The van der Waals surface area contributed by atoms with Crippen molar-refractivity contribution in [3.63, 3.8) is 0 Å². The first-order valence-electron chi connectivity index (χ1n) is 9.36. The lowest BCUT2D eigenvalue weighted by molar-refractivity contribution is -0.130. The van der Waals surface area contributed by atoms with Crippen LogP contribution in [0.25, 0.3) is 0 Å². The molecule has 2 atom stereocenters. The van der Waals surface area contributed by atoms with Gasteiger partial charge in [0.1, 0.15) is 5.75 Å². The van der Waals surface area contributed by atoms with Crippen LogP contribution < -0.4 is 10.5 Å². The molecule has 0 unspecified atom stereocenters. The summed E-state index contributed by atoms with van der Waals surface area (Å²) in [4.78, 5) is 25.8. The van der Waals surface area contributed by atoms with Gasteiger partial charge in [0.25, 0.3) is 0 Å². The predicted octanol–water partition coefficient (Wildman–Crippen LogP) is 3.42. The van der Waals surface area contributed by atoms with Gasteiger partial charge in [0.15, 0.2) is 5.78 Å². The van der Waals surface area contributed by atoms with Gasteiger partial charge >= 0.3 is 0 Å². The molecule has 1 fully saturated rings. The van der Waals surface area contributed by atoms with Gasteiger partial charge in [0.05, 0.1) is 6.61 Å². The van der Waals surface area contributed by atoms with E-state index in [2.05, 4.69) is 12.1 Å². The Balaban J connectivity index is 0.00000280. The predicted molar refractivity (Wildman–Crippen MR) is 112 cm³/mol. The van der Waals surface area contributed by atoms with Crippen molar-refractivity contribution >= 4 is 24.1 Å². The van der Waals surface area contributed by atoms with E-state index >= 15 is 0 Å². The summed E-state index contributed by atoms with van der Waals surface area (Å²) >= 11 is 0. The van der Waals surface area contributed by atoms with Gasteiger partial charge in [-0.25, -0.2) is 0 Å². The molecule has 28 heavy (non-hydrogen) atoms. The van der Waals surface area contributed by atoms with Gasteiger partial charge in [-0.3, -0.25) is 9.59 Å². The molecular formula is C22H27ClN2O3. The third-order valence-corrected chi connectivity index (χ3v) is 4.99. The van der Waals surface area contributed by atoms with Crippen LogP contribution in [0.5, 0.6) is 5.75 Å². The number of rotatable bonds is 7. The molecule has 0 aliphatic carbocycles. The van der Waals surface area contributed by atoms with E-state index in [0.717, 1.165) is 0 Å². The summed E-state index contributed by atoms with van der Waals surface area (Å²) in [5.74, 6) is 0.974. The third-order valence-electron chi connectivity index (χ3n) is 4.99. The summed E-state index contributed by atoms with van der Waals surface area (Å²) in [5.41, 5.74) is 8.08. The number of nitrogens with two attached hydrogens (primary N) is 1. The Morgan fingerprint density at radius 1 is 1.11 bits per heavy atom. The summed E-state index contributed by atoms with van der Waals surface area (Å²) in [6, 6.07) is 17.2. The van der Waals surface area contributed by atoms with Crippen molar-refractivity contribution in [3.8, 4) is 5.75 Å². The number of halogens is 1. The number of likely N-dealkylation sites (tertiary alicyclic amines) is 1. The van der Waals surface area contributed by atoms with Crippen LogP contribution in [0, 0.1) is 0 Å². The van der Waals surface area contributed by atoms with Gasteiger partial charge < -0.3 is 15.4 Å². The topological polar surface area (TPSA) is 72.6 Å². The molecule has 0 saturated carbocycles. The highest BCUT2D eigenvalue weighted by atomic mass is 35.5. The third kappa shape index (κ3) is 5.57. The Morgan fingerprint density at radius 3 is 2.57 bits per heavy atom. The first-order valence-corrected chi connectivity index (χ1v) is 9.36. The molecule has 1 aliphatic heterocycles. The van der Waals surface area contributed by atoms with Crippen molar-refractivity contribution in [1.82, 2.24) is 4.90 Å². The maximum absolute atomic E-state index is 12.5. The highest BCUT2D eigenvalue weighted by Gasteiger charge is 2.33. The Hall–Kier alpha value is -2.37. The average Bonchev–Trinajstić information content (AvgIpc) is 3.08. The summed E-state index contributed by atoms with van der Waals surface area (Å²) in [6.45, 7) is 3.24. The van der Waals surface area contributed by atoms with Crippen molar-refractivity contribution in [1.29, 1.82) is 0 Å². The largest absolute Gasteiger partial charge is 0.494 e. The average molecular weight is 403 g/mol. The van der Waals surface area contributed by atoms with Crippen LogP contribution in [0.15, 0.2) is 54.6 Å². The normalized spacial score (nSPS) is 18.4. The van der Waals surface area contributed by atoms with Crippen molar-refractivity contribution in [2.75, 3.05) is 19.7 Å². The lowest BCUT2D eigenvalue weighted by atomic mass is 9.95. The number of hydrogen-bond acceptors (Lipinski definition) is 4. The minimum absolute atomic E-state index is 0. The maximum Gasteiger partial charge on any atom is 0.222 e. The van der Waals surface area contributed by atoms with Crippen LogP contribution in [0.3, 0.4) is 0 Å². The van der Waals surface area contributed by atoms with E-state index in [1.54, 1.807) is 18.2 Å². The molecule has 0 radical (unpaired) electrons. The highest BCUT2D eigenvalue weighted by Crippen LogP contribution is 2.26. The molecule has 0 bridgehead atoms. The zero-order valence-corrected chi connectivity index (χ0v) is 16.9. The first kappa shape index (κ1) is 21.9. The minimum atomic E-state index is -0.0260. The molecule has 1 aliphatic rings. The standard InChI is InChI=1S/C22H26N2O3.ClH/c1-16(25)18-9-5-10-19(13-18)27-12-6-11-22(26)24-14-20(21(23)15-24)17-7-3-2-4-8-17;/h2-5,7-10,13,20-21H,6,11-12,14-15,23H2,1H3;1H/t20-,21+;/m0./s1. The summed E-state index contributed by atoms with van der Waals surface area (Å²) in [7, 11) is 0. The number of carbonyl (C=O) groups excluding carboxylic acids is 2. The fourth-order valence-corrected chi connectivity index (χ4v) is 3.46. The lowest BCUT2D eigenvalue weighted by Crippen LogP contribution is -2.32. The quantitative estimate of drug-likeness (QED) is 0.569. The van der Waals surface area contributed by atoms with E-state index in [1.807, 2.05) is 29.2 Å². The number of nitrogens with zero attached hydrogens (tertiary/aromatic N) is 1. The van der Waals surface area contributed by atoms with Crippen molar-refractivity contribution < 1.29 is 14.3 Å². The molecule has 2 aromatic carbocycles. The molecule has 6 heteroatoms. The van der Waals surface area contributed by atoms with Crippen LogP contribution in [-0.2, 0) is 4.79 Å². The van der Waals surface area contributed by atoms with Crippen LogP contribution in [-0.4, -0.2) is 42.3 Å². The molecule has 3 rings (SSSR count). The molecule has 0 spiro atoms. The van der Waals surface area contributed by atoms with Crippen LogP contribution >= 0.6 is 12.4 Å². The Kier molecular flexibility index (Phi) is 8.03. The SMILES string of the molecule is CC(=O)c1cccc(OCCCC(=O)N2C[C@@H](N)[C@H](c3ccccc3)C2)c1.Cl. The zero-order valence-electron chi connectivity index (χ0n) is 16.0. The number of carbonyl (C=O) groups is 2. The second-order valence-corrected chi connectivity index (χ2v) is 7.02. The van der Waals surface area contributed by atoms with Crippen LogP contribution in [0.2, 0.25) is 0 Å².